The van der Waals surface area contributed by atoms with Crippen LogP contribution < -0.4 is 5.32 Å². The highest BCUT2D eigenvalue weighted by Crippen LogP contribution is 2.38. The molecule has 0 radical (unpaired) electrons. The number of halogens is 1. The number of pyridine rings is 1. The Morgan fingerprint density at radius 2 is 2.28 bits per heavy atom. The predicted molar refractivity (Wildman–Crippen MR) is 78.6 cm³/mol. The van der Waals surface area contributed by atoms with Crippen molar-refractivity contribution in [1.29, 1.82) is 0 Å². The fourth-order valence-corrected chi connectivity index (χ4v) is 3.37. The molecule has 2 atom stereocenters. The molecule has 1 fully saturated rings. The molecule has 3 nitrogen and oxygen atoms in total. The van der Waals surface area contributed by atoms with Crippen LogP contribution in [0.2, 0.25) is 0 Å². The largest absolute Gasteiger partial charge is 0.319 e. The third-order valence-corrected chi connectivity index (χ3v) is 4.19. The number of nitrogens with one attached hydrogen (secondary N) is 1. The molecule has 0 bridgehead atoms. The fraction of sp³-hybridized carbons (Fsp3) is 0.643. The summed E-state index contributed by atoms with van der Waals surface area (Å²) in [5, 5.41) is 3.32. The highest BCUT2D eigenvalue weighted by Gasteiger charge is 2.36. The molecule has 0 aliphatic carbocycles. The molecule has 0 saturated carbocycles. The van der Waals surface area contributed by atoms with Gasteiger partial charge in [0.1, 0.15) is 0 Å². The highest BCUT2D eigenvalue weighted by molar-refractivity contribution is 9.10. The molecule has 100 valence electrons. The number of nitrogens with zero attached hydrogens (tertiary/aromatic N) is 2. The molecule has 0 spiro atoms. The van der Waals surface area contributed by atoms with Crippen molar-refractivity contribution in [3.8, 4) is 0 Å². The molecule has 18 heavy (non-hydrogen) atoms. The Hall–Kier alpha value is -0.450. The van der Waals surface area contributed by atoms with Crippen LogP contribution in [0.3, 0.4) is 0 Å². The molecule has 2 rings (SSSR count). The van der Waals surface area contributed by atoms with Crippen LogP contribution in [0, 0.1) is 5.92 Å². The van der Waals surface area contributed by atoms with E-state index in [2.05, 4.69) is 51.0 Å². The molecule has 4 heteroatoms. The summed E-state index contributed by atoms with van der Waals surface area (Å²) in [7, 11) is 2.04. The van der Waals surface area contributed by atoms with E-state index in [4.69, 9.17) is 0 Å². The molecular formula is C14H22BrN3. The summed E-state index contributed by atoms with van der Waals surface area (Å²) in [4.78, 5) is 6.91. The Bertz CT molecular complexity index is 394. The number of rotatable bonds is 4. The Morgan fingerprint density at radius 1 is 1.50 bits per heavy atom. The summed E-state index contributed by atoms with van der Waals surface area (Å²) in [5.41, 5.74) is 1.33. The quantitative estimate of drug-likeness (QED) is 0.927. The Balaban J connectivity index is 2.28. The van der Waals surface area contributed by atoms with Crippen LogP contribution in [-0.2, 0) is 0 Å². The number of likely N-dealkylation sites (tertiary alicyclic amines) is 1. The van der Waals surface area contributed by atoms with Crippen LogP contribution in [0.4, 0.5) is 0 Å². The Kier molecular flexibility index (Phi) is 4.76. The van der Waals surface area contributed by atoms with Crippen molar-refractivity contribution in [3.63, 3.8) is 0 Å². The van der Waals surface area contributed by atoms with Gasteiger partial charge in [-0.2, -0.15) is 0 Å². The smallest absolute Gasteiger partial charge is 0.0410 e. The number of hydrogen-bond acceptors (Lipinski definition) is 3. The van der Waals surface area contributed by atoms with Crippen LogP contribution in [0.1, 0.15) is 31.9 Å². The van der Waals surface area contributed by atoms with E-state index >= 15 is 0 Å². The maximum Gasteiger partial charge on any atom is 0.0410 e. The van der Waals surface area contributed by atoms with Crippen molar-refractivity contribution in [1.82, 2.24) is 15.2 Å². The lowest BCUT2D eigenvalue weighted by Crippen LogP contribution is -2.33. The molecule has 1 aromatic heterocycles. The Labute approximate surface area is 118 Å². The minimum Gasteiger partial charge on any atom is -0.319 e. The number of hydrogen-bond donors (Lipinski definition) is 1. The van der Waals surface area contributed by atoms with Gasteiger partial charge in [0.15, 0.2) is 0 Å². The maximum atomic E-state index is 4.32. The van der Waals surface area contributed by atoms with Gasteiger partial charge >= 0.3 is 0 Å². The van der Waals surface area contributed by atoms with Crippen molar-refractivity contribution in [3.05, 3.63) is 28.5 Å². The fourth-order valence-electron chi connectivity index (χ4n) is 2.99. The molecule has 2 unspecified atom stereocenters. The molecule has 1 aliphatic rings. The minimum atomic E-state index is 0.488. The zero-order valence-electron chi connectivity index (χ0n) is 11.4. The van der Waals surface area contributed by atoms with Gasteiger partial charge in [0.25, 0.3) is 0 Å². The summed E-state index contributed by atoms with van der Waals surface area (Å²) < 4.78 is 1.07. The van der Waals surface area contributed by atoms with Gasteiger partial charge in [-0.1, -0.05) is 0 Å². The van der Waals surface area contributed by atoms with E-state index in [-0.39, 0.29) is 0 Å². The lowest BCUT2D eigenvalue weighted by molar-refractivity contribution is 0.182. The van der Waals surface area contributed by atoms with E-state index in [1.807, 2.05) is 19.4 Å². The standard InChI is InChI=1S/C14H22BrN3/c1-10(2)18-5-4-11(7-16-3)14(18)12-6-13(15)9-17-8-12/h6,8-11,14,16H,4-5,7H2,1-3H3. The monoisotopic (exact) mass is 311 g/mol. The van der Waals surface area contributed by atoms with E-state index in [9.17, 15) is 0 Å². The van der Waals surface area contributed by atoms with Gasteiger partial charge in [0, 0.05) is 29.0 Å². The van der Waals surface area contributed by atoms with Gasteiger partial charge in [-0.05, 0) is 73.9 Å². The zero-order valence-corrected chi connectivity index (χ0v) is 12.9. The van der Waals surface area contributed by atoms with Gasteiger partial charge < -0.3 is 5.32 Å². The highest BCUT2D eigenvalue weighted by atomic mass is 79.9. The molecule has 1 N–H and O–H groups in total. The van der Waals surface area contributed by atoms with E-state index in [1.54, 1.807) is 0 Å². The lowest BCUT2D eigenvalue weighted by Gasteiger charge is -2.31. The van der Waals surface area contributed by atoms with Gasteiger partial charge in [0.2, 0.25) is 0 Å². The SMILES string of the molecule is CNCC1CCN(C(C)C)C1c1cncc(Br)c1. The topological polar surface area (TPSA) is 28.2 Å². The van der Waals surface area contributed by atoms with Crippen LogP contribution in [-0.4, -0.2) is 36.1 Å². The van der Waals surface area contributed by atoms with Crippen molar-refractivity contribution >= 4 is 15.9 Å². The average Bonchev–Trinajstić information content (AvgIpc) is 2.73. The van der Waals surface area contributed by atoms with Crippen molar-refractivity contribution in [2.75, 3.05) is 20.1 Å². The van der Waals surface area contributed by atoms with Crippen LogP contribution in [0.15, 0.2) is 22.9 Å². The lowest BCUT2D eigenvalue weighted by atomic mass is 9.94. The van der Waals surface area contributed by atoms with E-state index in [0.29, 0.717) is 18.0 Å². The third kappa shape index (κ3) is 2.92. The van der Waals surface area contributed by atoms with Crippen LogP contribution in [0.5, 0.6) is 0 Å². The second-order valence-corrected chi connectivity index (χ2v) is 6.24. The second-order valence-electron chi connectivity index (χ2n) is 5.32. The summed E-state index contributed by atoms with van der Waals surface area (Å²) in [6.07, 6.45) is 5.13. The summed E-state index contributed by atoms with van der Waals surface area (Å²) in [6.45, 7) is 6.81. The molecule has 2 heterocycles. The third-order valence-electron chi connectivity index (χ3n) is 3.76. The van der Waals surface area contributed by atoms with E-state index < -0.39 is 0 Å². The first kappa shape index (κ1) is 14.0. The molecular weight excluding hydrogens is 290 g/mol. The first-order valence-corrected chi connectivity index (χ1v) is 7.43. The Morgan fingerprint density at radius 3 is 2.89 bits per heavy atom. The van der Waals surface area contributed by atoms with Gasteiger partial charge in [0.05, 0.1) is 0 Å². The normalized spacial score (nSPS) is 24.9. The minimum absolute atomic E-state index is 0.488. The predicted octanol–water partition coefficient (Wildman–Crippen LogP) is 2.83. The van der Waals surface area contributed by atoms with E-state index in [0.717, 1.165) is 11.0 Å². The second kappa shape index (κ2) is 6.13. The molecule has 1 saturated heterocycles. The van der Waals surface area contributed by atoms with E-state index in [1.165, 1.54) is 18.5 Å². The maximum absolute atomic E-state index is 4.32. The van der Waals surface area contributed by atoms with Crippen molar-refractivity contribution < 1.29 is 0 Å². The summed E-state index contributed by atoms with van der Waals surface area (Å²) in [6, 6.07) is 3.28. The zero-order chi connectivity index (χ0) is 13.1. The molecule has 1 aliphatic heterocycles. The first-order chi connectivity index (χ1) is 8.63. The first-order valence-electron chi connectivity index (χ1n) is 6.64. The van der Waals surface area contributed by atoms with Gasteiger partial charge in [-0.25, -0.2) is 0 Å². The van der Waals surface area contributed by atoms with Gasteiger partial charge in [-0.15, -0.1) is 0 Å². The van der Waals surface area contributed by atoms with Crippen molar-refractivity contribution in [2.24, 2.45) is 5.92 Å². The molecule has 1 aromatic rings. The van der Waals surface area contributed by atoms with Crippen LogP contribution in [0.25, 0.3) is 0 Å². The van der Waals surface area contributed by atoms with Crippen LogP contribution >= 0.6 is 15.9 Å². The average molecular weight is 312 g/mol. The number of aromatic nitrogens is 1. The summed E-state index contributed by atoms with van der Waals surface area (Å²) in [5.74, 6) is 0.675. The molecule has 0 amide bonds. The van der Waals surface area contributed by atoms with Crippen molar-refractivity contribution in [2.45, 2.75) is 32.4 Å². The molecule has 0 aromatic carbocycles. The van der Waals surface area contributed by atoms with Gasteiger partial charge in [-0.3, -0.25) is 9.88 Å². The summed E-state index contributed by atoms with van der Waals surface area (Å²) >= 11 is 3.53.